The van der Waals surface area contributed by atoms with Gasteiger partial charge in [0, 0.05) is 24.2 Å². The zero-order chi connectivity index (χ0) is 25.6. The summed E-state index contributed by atoms with van der Waals surface area (Å²) >= 11 is 0. The van der Waals surface area contributed by atoms with Crippen LogP contribution in [-0.4, -0.2) is 67.9 Å². The highest BCUT2D eigenvalue weighted by Gasteiger charge is 2.32. The molecule has 9 heteroatoms. The zero-order valence-corrected chi connectivity index (χ0v) is 21.1. The van der Waals surface area contributed by atoms with Gasteiger partial charge in [0.05, 0.1) is 60.4 Å². The van der Waals surface area contributed by atoms with Gasteiger partial charge in [-0.15, -0.1) is 0 Å². The normalized spacial score (nSPS) is 10.6. The maximum absolute atomic E-state index is 12.5. The van der Waals surface area contributed by atoms with Crippen LogP contribution in [0.5, 0.6) is 34.5 Å². The van der Waals surface area contributed by atoms with E-state index in [-0.39, 0.29) is 41.2 Å². The zero-order valence-electron chi connectivity index (χ0n) is 21.1. The fourth-order valence-corrected chi connectivity index (χ4v) is 4.04. The Kier molecular flexibility index (Phi) is 9.14. The summed E-state index contributed by atoms with van der Waals surface area (Å²) in [4.78, 5) is 25.0. The maximum atomic E-state index is 12.5. The van der Waals surface area contributed by atoms with Crippen molar-refractivity contribution in [1.82, 2.24) is 0 Å². The van der Waals surface area contributed by atoms with Crippen molar-refractivity contribution in [1.29, 1.82) is 0 Å². The van der Waals surface area contributed by atoms with Crippen LogP contribution in [0.15, 0.2) is 12.1 Å². The second-order valence-corrected chi connectivity index (χ2v) is 7.35. The lowest BCUT2D eigenvalue weighted by molar-refractivity contribution is 0.100. The molecule has 0 heterocycles. The number of methoxy groups -OCH3 is 7. The highest BCUT2D eigenvalue weighted by atomic mass is 16.5. The Morgan fingerprint density at radius 1 is 0.588 bits per heavy atom. The van der Waals surface area contributed by atoms with E-state index in [2.05, 4.69) is 0 Å². The standard InChI is InChI=1S/C25H32O9/c1-13(26)15-10-17(22(31-6)24(33-8)20(15)29-4)19(12-28-3)18-11-16(14(2)27)21(30-5)25(34-9)23(18)32-7/h10-11,19H,12H2,1-9H3. The van der Waals surface area contributed by atoms with Crippen LogP contribution >= 0.6 is 0 Å². The summed E-state index contributed by atoms with van der Waals surface area (Å²) in [5.74, 6) is 0.759. The van der Waals surface area contributed by atoms with Gasteiger partial charge < -0.3 is 33.2 Å². The summed E-state index contributed by atoms with van der Waals surface area (Å²) in [7, 11) is 10.4. The summed E-state index contributed by atoms with van der Waals surface area (Å²) < 4.78 is 39.1. The molecule has 2 rings (SSSR count). The highest BCUT2D eigenvalue weighted by molar-refractivity contribution is 6.00. The molecule has 0 fully saturated rings. The van der Waals surface area contributed by atoms with Gasteiger partial charge in [-0.25, -0.2) is 0 Å². The minimum Gasteiger partial charge on any atom is -0.492 e. The Balaban J connectivity index is 3.05. The lowest BCUT2D eigenvalue weighted by atomic mass is 9.86. The number of benzene rings is 2. The van der Waals surface area contributed by atoms with Crippen LogP contribution in [-0.2, 0) is 4.74 Å². The Labute approximate surface area is 199 Å². The van der Waals surface area contributed by atoms with Crippen LogP contribution in [0.1, 0.15) is 51.6 Å². The first-order chi connectivity index (χ1) is 16.2. The van der Waals surface area contributed by atoms with Gasteiger partial charge in [-0.05, 0) is 26.0 Å². The second kappa shape index (κ2) is 11.6. The largest absolute Gasteiger partial charge is 0.492 e. The van der Waals surface area contributed by atoms with E-state index in [0.29, 0.717) is 33.8 Å². The topological polar surface area (TPSA) is 98.8 Å². The third-order valence-electron chi connectivity index (χ3n) is 5.51. The third kappa shape index (κ3) is 4.75. The SMILES string of the molecule is COCC(c1cc(C(C)=O)c(OC)c(OC)c1OC)c1cc(C(C)=O)c(OC)c(OC)c1OC. The summed E-state index contributed by atoms with van der Waals surface area (Å²) in [6, 6.07) is 3.35. The maximum Gasteiger partial charge on any atom is 0.204 e. The molecule has 0 saturated carbocycles. The van der Waals surface area contributed by atoms with E-state index in [9.17, 15) is 9.59 Å². The van der Waals surface area contributed by atoms with Crippen molar-refractivity contribution < 1.29 is 42.7 Å². The Bertz CT molecular complexity index is 978. The molecule has 34 heavy (non-hydrogen) atoms. The number of ether oxygens (including phenoxy) is 7. The molecule has 0 saturated heterocycles. The van der Waals surface area contributed by atoms with E-state index in [4.69, 9.17) is 33.2 Å². The number of hydrogen-bond donors (Lipinski definition) is 0. The van der Waals surface area contributed by atoms with Gasteiger partial charge in [-0.2, -0.15) is 0 Å². The van der Waals surface area contributed by atoms with Crippen molar-refractivity contribution in [3.8, 4) is 34.5 Å². The molecule has 0 aliphatic rings. The van der Waals surface area contributed by atoms with Crippen LogP contribution in [0.4, 0.5) is 0 Å². The van der Waals surface area contributed by atoms with Crippen LogP contribution in [0.25, 0.3) is 0 Å². The smallest absolute Gasteiger partial charge is 0.204 e. The van der Waals surface area contributed by atoms with Crippen molar-refractivity contribution in [3.63, 3.8) is 0 Å². The molecule has 0 aromatic heterocycles. The van der Waals surface area contributed by atoms with Gasteiger partial charge in [0.15, 0.2) is 34.6 Å². The van der Waals surface area contributed by atoms with Crippen LogP contribution in [0.3, 0.4) is 0 Å². The Morgan fingerprint density at radius 3 is 1.15 bits per heavy atom. The number of hydrogen-bond acceptors (Lipinski definition) is 9. The molecule has 186 valence electrons. The molecule has 0 bridgehead atoms. The van der Waals surface area contributed by atoms with Crippen LogP contribution in [0.2, 0.25) is 0 Å². The summed E-state index contributed by atoms with van der Waals surface area (Å²) in [5.41, 5.74) is 1.77. The van der Waals surface area contributed by atoms with Crippen LogP contribution in [0, 0.1) is 0 Å². The van der Waals surface area contributed by atoms with E-state index in [1.807, 2.05) is 0 Å². The van der Waals surface area contributed by atoms with E-state index in [0.717, 1.165) is 0 Å². The van der Waals surface area contributed by atoms with Gasteiger partial charge in [-0.1, -0.05) is 0 Å². The summed E-state index contributed by atoms with van der Waals surface area (Å²) in [6.45, 7) is 3.03. The molecule has 0 atom stereocenters. The fraction of sp³-hybridized carbons (Fsp3) is 0.440. The summed E-state index contributed by atoms with van der Waals surface area (Å²) in [5, 5.41) is 0. The number of rotatable bonds is 12. The highest BCUT2D eigenvalue weighted by Crippen LogP contribution is 2.51. The quantitative estimate of drug-likeness (QED) is 0.422. The molecule has 0 aliphatic heterocycles. The average Bonchev–Trinajstić information content (AvgIpc) is 2.83. The number of carbonyl (C=O) groups is 2. The Hall–Kier alpha value is -3.46. The van der Waals surface area contributed by atoms with Gasteiger partial charge in [-0.3, -0.25) is 9.59 Å². The predicted octanol–water partition coefficient (Wildman–Crippen LogP) is 3.92. The fourth-order valence-electron chi connectivity index (χ4n) is 4.04. The van der Waals surface area contributed by atoms with Crippen molar-refractivity contribution in [2.45, 2.75) is 19.8 Å². The minimum absolute atomic E-state index is 0.159. The average molecular weight is 477 g/mol. The molecule has 0 aliphatic carbocycles. The molecular formula is C25H32O9. The van der Waals surface area contributed by atoms with Gasteiger partial charge in [0.1, 0.15) is 0 Å². The Morgan fingerprint density at radius 2 is 0.912 bits per heavy atom. The number of Topliss-reactive ketones (excluding diaryl/α,β-unsaturated/α-hetero) is 2. The molecule has 9 nitrogen and oxygen atoms in total. The molecular weight excluding hydrogens is 444 g/mol. The van der Waals surface area contributed by atoms with Crippen LogP contribution < -0.4 is 28.4 Å². The first-order valence-corrected chi connectivity index (χ1v) is 10.4. The molecule has 2 aromatic rings. The van der Waals surface area contributed by atoms with Crippen molar-refractivity contribution in [2.24, 2.45) is 0 Å². The summed E-state index contributed by atoms with van der Waals surface area (Å²) in [6.07, 6.45) is 0. The third-order valence-corrected chi connectivity index (χ3v) is 5.51. The first kappa shape index (κ1) is 26.8. The van der Waals surface area contributed by atoms with Gasteiger partial charge >= 0.3 is 0 Å². The predicted molar refractivity (Wildman–Crippen MR) is 126 cm³/mol. The number of ketones is 2. The van der Waals surface area contributed by atoms with E-state index < -0.39 is 5.92 Å². The molecule has 0 unspecified atom stereocenters. The molecule has 0 radical (unpaired) electrons. The van der Waals surface area contributed by atoms with E-state index >= 15 is 0 Å². The first-order valence-electron chi connectivity index (χ1n) is 10.4. The minimum atomic E-state index is -0.550. The van der Waals surface area contributed by atoms with Crippen molar-refractivity contribution >= 4 is 11.6 Å². The lowest BCUT2D eigenvalue weighted by Crippen LogP contribution is -2.15. The second-order valence-electron chi connectivity index (χ2n) is 7.35. The monoisotopic (exact) mass is 476 g/mol. The van der Waals surface area contributed by atoms with E-state index in [1.165, 1.54) is 56.5 Å². The molecule has 0 spiro atoms. The van der Waals surface area contributed by atoms with Gasteiger partial charge in [0.2, 0.25) is 11.5 Å². The van der Waals surface area contributed by atoms with Crippen molar-refractivity contribution in [2.75, 3.05) is 56.4 Å². The molecule has 0 N–H and O–H groups in total. The van der Waals surface area contributed by atoms with Gasteiger partial charge in [0.25, 0.3) is 0 Å². The number of carbonyl (C=O) groups excluding carboxylic acids is 2. The molecule has 2 aromatic carbocycles. The molecule has 0 amide bonds. The lowest BCUT2D eigenvalue weighted by Gasteiger charge is -2.27. The van der Waals surface area contributed by atoms with E-state index in [1.54, 1.807) is 19.2 Å². The van der Waals surface area contributed by atoms with Crippen molar-refractivity contribution in [3.05, 3.63) is 34.4 Å².